The molecule has 0 radical (unpaired) electrons. The van der Waals surface area contributed by atoms with Crippen LogP contribution in [0.1, 0.15) is 13.3 Å². The van der Waals surface area contributed by atoms with Gasteiger partial charge in [-0.1, -0.05) is 23.9 Å². The number of hydrogen-bond donors (Lipinski definition) is 0. The molecule has 4 rings (SSSR count). The summed E-state index contributed by atoms with van der Waals surface area (Å²) in [5, 5.41) is 0. The number of benzene rings is 2. The number of likely N-dealkylation sites (N-methyl/N-ethyl adjacent to an activating group) is 1. The molecule has 0 aromatic heterocycles. The standard InChI is InChI=1S/C22H29N3OS/c1-3-26-18-9-10-20-22(17-18)27-21-8-5-4-7-19(21)25(20)12-6-11-24-15-13-23(2)14-16-24/h4-5,7-10,17H,3,6,11-16H2,1-2H3. The van der Waals surface area contributed by atoms with E-state index in [0.29, 0.717) is 6.61 Å². The molecule has 2 aliphatic rings. The van der Waals surface area contributed by atoms with Crippen molar-refractivity contribution in [3.63, 3.8) is 0 Å². The third-order valence-electron chi connectivity index (χ3n) is 5.36. The maximum absolute atomic E-state index is 5.72. The predicted molar refractivity (Wildman–Crippen MR) is 114 cm³/mol. The quantitative estimate of drug-likeness (QED) is 0.737. The van der Waals surface area contributed by atoms with Gasteiger partial charge in [0.25, 0.3) is 0 Å². The fourth-order valence-corrected chi connectivity index (χ4v) is 4.96. The third-order valence-corrected chi connectivity index (χ3v) is 6.47. The molecular weight excluding hydrogens is 354 g/mol. The predicted octanol–water partition coefficient (Wildman–Crippen LogP) is 4.33. The Bertz CT molecular complexity index is 774. The van der Waals surface area contributed by atoms with E-state index in [1.54, 1.807) is 0 Å². The first kappa shape index (κ1) is 18.7. The summed E-state index contributed by atoms with van der Waals surface area (Å²) in [4.78, 5) is 10.1. The van der Waals surface area contributed by atoms with Gasteiger partial charge in [-0.05, 0) is 57.3 Å². The minimum Gasteiger partial charge on any atom is -0.494 e. The summed E-state index contributed by atoms with van der Waals surface area (Å²) in [5.41, 5.74) is 2.64. The van der Waals surface area contributed by atoms with Crippen molar-refractivity contribution in [3.8, 4) is 5.75 Å². The smallest absolute Gasteiger partial charge is 0.120 e. The number of ether oxygens (including phenoxy) is 1. The minimum atomic E-state index is 0.703. The lowest BCUT2D eigenvalue weighted by Gasteiger charge is -2.35. The molecule has 2 heterocycles. The van der Waals surface area contributed by atoms with Gasteiger partial charge in [0.05, 0.1) is 18.0 Å². The second-order valence-corrected chi connectivity index (χ2v) is 8.37. The second kappa shape index (κ2) is 8.55. The summed E-state index contributed by atoms with van der Waals surface area (Å²) in [6.07, 6.45) is 1.18. The number of para-hydroxylation sites is 1. The van der Waals surface area contributed by atoms with Gasteiger partial charge in [-0.3, -0.25) is 0 Å². The first-order valence-corrected chi connectivity index (χ1v) is 10.8. The second-order valence-electron chi connectivity index (χ2n) is 7.28. The molecular formula is C22H29N3OS. The Morgan fingerprint density at radius 2 is 1.70 bits per heavy atom. The first-order chi connectivity index (χ1) is 13.2. The van der Waals surface area contributed by atoms with Crippen molar-refractivity contribution in [2.24, 2.45) is 0 Å². The summed E-state index contributed by atoms with van der Waals surface area (Å²) in [6.45, 7) is 9.71. The zero-order chi connectivity index (χ0) is 18.6. The molecule has 0 spiro atoms. The molecule has 2 aromatic carbocycles. The van der Waals surface area contributed by atoms with E-state index in [1.165, 1.54) is 60.3 Å². The lowest BCUT2D eigenvalue weighted by molar-refractivity contribution is 0.153. The van der Waals surface area contributed by atoms with E-state index < -0.39 is 0 Å². The van der Waals surface area contributed by atoms with E-state index in [-0.39, 0.29) is 0 Å². The van der Waals surface area contributed by atoms with E-state index in [0.717, 1.165) is 12.3 Å². The molecule has 0 saturated carbocycles. The van der Waals surface area contributed by atoms with Crippen molar-refractivity contribution < 1.29 is 4.74 Å². The van der Waals surface area contributed by atoms with E-state index >= 15 is 0 Å². The van der Waals surface area contributed by atoms with Crippen LogP contribution in [-0.4, -0.2) is 62.7 Å². The number of anilines is 2. The van der Waals surface area contributed by atoms with Crippen molar-refractivity contribution in [2.75, 3.05) is 57.8 Å². The third kappa shape index (κ3) is 4.26. The van der Waals surface area contributed by atoms with Gasteiger partial charge in [0.2, 0.25) is 0 Å². The Balaban J connectivity index is 1.49. The average Bonchev–Trinajstić information content (AvgIpc) is 2.69. The van der Waals surface area contributed by atoms with Gasteiger partial charge >= 0.3 is 0 Å². The van der Waals surface area contributed by atoms with E-state index in [9.17, 15) is 0 Å². The first-order valence-electron chi connectivity index (χ1n) is 9.97. The van der Waals surface area contributed by atoms with E-state index in [4.69, 9.17) is 4.74 Å². The highest BCUT2D eigenvalue weighted by atomic mass is 32.2. The lowest BCUT2D eigenvalue weighted by atomic mass is 10.2. The van der Waals surface area contributed by atoms with Crippen molar-refractivity contribution in [1.82, 2.24) is 9.80 Å². The Kier molecular flexibility index (Phi) is 5.91. The van der Waals surface area contributed by atoms with Crippen LogP contribution >= 0.6 is 11.8 Å². The molecule has 2 aromatic rings. The number of hydrogen-bond acceptors (Lipinski definition) is 5. The average molecular weight is 384 g/mol. The van der Waals surface area contributed by atoms with Gasteiger partial charge in [-0.25, -0.2) is 0 Å². The normalized spacial score (nSPS) is 17.5. The maximum atomic E-state index is 5.72. The summed E-state index contributed by atoms with van der Waals surface area (Å²) < 4.78 is 5.72. The van der Waals surface area contributed by atoms with Gasteiger partial charge in [-0.2, -0.15) is 0 Å². The molecule has 0 aliphatic carbocycles. The fourth-order valence-electron chi connectivity index (χ4n) is 3.84. The van der Waals surface area contributed by atoms with Crippen molar-refractivity contribution in [3.05, 3.63) is 42.5 Å². The monoisotopic (exact) mass is 383 g/mol. The van der Waals surface area contributed by atoms with Gasteiger partial charge < -0.3 is 19.4 Å². The Labute approximate surface area is 167 Å². The van der Waals surface area contributed by atoms with Crippen LogP contribution < -0.4 is 9.64 Å². The van der Waals surface area contributed by atoms with Gasteiger partial charge in [0.1, 0.15) is 5.75 Å². The molecule has 0 amide bonds. The largest absolute Gasteiger partial charge is 0.494 e. The van der Waals surface area contributed by atoms with Gasteiger partial charge in [0.15, 0.2) is 0 Å². The highest BCUT2D eigenvalue weighted by molar-refractivity contribution is 7.99. The fraction of sp³-hybridized carbons (Fsp3) is 0.455. The summed E-state index contributed by atoms with van der Waals surface area (Å²) >= 11 is 1.85. The van der Waals surface area contributed by atoms with Crippen molar-refractivity contribution in [2.45, 2.75) is 23.1 Å². The van der Waals surface area contributed by atoms with Gasteiger partial charge in [-0.15, -0.1) is 0 Å². The summed E-state index contributed by atoms with van der Waals surface area (Å²) in [6, 6.07) is 15.3. The molecule has 5 heteroatoms. The SMILES string of the molecule is CCOc1ccc2c(c1)Sc1ccccc1N2CCCN1CCN(C)CC1. The minimum absolute atomic E-state index is 0.703. The molecule has 27 heavy (non-hydrogen) atoms. The van der Waals surface area contributed by atoms with Crippen LogP contribution in [0, 0.1) is 0 Å². The number of nitrogens with zero attached hydrogens (tertiary/aromatic N) is 3. The van der Waals surface area contributed by atoms with Gasteiger partial charge in [0, 0.05) is 42.5 Å². The molecule has 0 atom stereocenters. The van der Waals surface area contributed by atoms with Crippen LogP contribution in [0.5, 0.6) is 5.75 Å². The summed E-state index contributed by atoms with van der Waals surface area (Å²) in [7, 11) is 2.22. The van der Waals surface area contributed by atoms with E-state index in [1.807, 2.05) is 18.7 Å². The van der Waals surface area contributed by atoms with Crippen LogP contribution in [0.4, 0.5) is 11.4 Å². The Morgan fingerprint density at radius 1 is 0.926 bits per heavy atom. The highest BCUT2D eigenvalue weighted by Gasteiger charge is 2.23. The van der Waals surface area contributed by atoms with Crippen molar-refractivity contribution >= 4 is 23.1 Å². The highest BCUT2D eigenvalue weighted by Crippen LogP contribution is 2.49. The zero-order valence-corrected chi connectivity index (χ0v) is 17.2. The Hall–Kier alpha value is -1.69. The Morgan fingerprint density at radius 3 is 2.52 bits per heavy atom. The maximum Gasteiger partial charge on any atom is 0.120 e. The topological polar surface area (TPSA) is 19.0 Å². The molecule has 0 bridgehead atoms. The molecule has 0 unspecified atom stereocenters. The molecule has 2 aliphatic heterocycles. The zero-order valence-electron chi connectivity index (χ0n) is 16.4. The molecule has 1 fully saturated rings. The van der Waals surface area contributed by atoms with Crippen molar-refractivity contribution in [1.29, 1.82) is 0 Å². The van der Waals surface area contributed by atoms with Crippen LogP contribution in [0.15, 0.2) is 52.3 Å². The number of rotatable bonds is 6. The van der Waals surface area contributed by atoms with Crippen LogP contribution in [0.25, 0.3) is 0 Å². The molecule has 144 valence electrons. The molecule has 4 nitrogen and oxygen atoms in total. The molecule has 0 N–H and O–H groups in total. The molecule has 1 saturated heterocycles. The number of fused-ring (bicyclic) bond motifs is 2. The van der Waals surface area contributed by atoms with Crippen LogP contribution in [0.3, 0.4) is 0 Å². The summed E-state index contributed by atoms with van der Waals surface area (Å²) in [5.74, 6) is 0.959. The van der Waals surface area contributed by atoms with Crippen LogP contribution in [0.2, 0.25) is 0 Å². The van der Waals surface area contributed by atoms with Crippen LogP contribution in [-0.2, 0) is 0 Å². The number of piperazine rings is 1. The lowest BCUT2D eigenvalue weighted by Crippen LogP contribution is -2.45. The van der Waals surface area contributed by atoms with E-state index in [2.05, 4.69) is 64.2 Å².